The summed E-state index contributed by atoms with van der Waals surface area (Å²) in [6.45, 7) is 2.09. The van der Waals surface area contributed by atoms with Gasteiger partial charge in [0.25, 0.3) is 0 Å². The SMILES string of the molecule is COc1ccc(OC)c(-c2nc3cc(C)ccn3c2NC2CCCCC2)c1. The Morgan fingerprint density at radius 3 is 2.59 bits per heavy atom. The average molecular weight is 365 g/mol. The van der Waals surface area contributed by atoms with E-state index in [0.29, 0.717) is 6.04 Å². The third kappa shape index (κ3) is 3.46. The predicted octanol–water partition coefficient (Wildman–Crippen LogP) is 5.07. The molecule has 2 heterocycles. The molecular formula is C22H27N3O2. The van der Waals surface area contributed by atoms with Crippen LogP contribution in [-0.2, 0) is 0 Å². The van der Waals surface area contributed by atoms with Crippen LogP contribution in [0.2, 0.25) is 0 Å². The number of anilines is 1. The van der Waals surface area contributed by atoms with E-state index in [1.165, 1.54) is 37.7 Å². The smallest absolute Gasteiger partial charge is 0.139 e. The van der Waals surface area contributed by atoms with Gasteiger partial charge in [-0.25, -0.2) is 4.98 Å². The fourth-order valence-corrected chi connectivity index (χ4v) is 3.91. The predicted molar refractivity (Wildman–Crippen MR) is 109 cm³/mol. The third-order valence-corrected chi connectivity index (χ3v) is 5.39. The number of imidazole rings is 1. The van der Waals surface area contributed by atoms with E-state index in [0.717, 1.165) is 34.2 Å². The van der Waals surface area contributed by atoms with Crippen LogP contribution < -0.4 is 14.8 Å². The van der Waals surface area contributed by atoms with Crippen molar-refractivity contribution in [1.29, 1.82) is 0 Å². The molecule has 1 fully saturated rings. The molecular weight excluding hydrogens is 338 g/mol. The summed E-state index contributed by atoms with van der Waals surface area (Å²) in [5, 5.41) is 3.78. The van der Waals surface area contributed by atoms with Gasteiger partial charge in [0.1, 0.15) is 28.7 Å². The van der Waals surface area contributed by atoms with E-state index in [4.69, 9.17) is 14.5 Å². The van der Waals surface area contributed by atoms with Crippen LogP contribution in [0.15, 0.2) is 36.5 Å². The first-order valence-corrected chi connectivity index (χ1v) is 9.67. The zero-order valence-corrected chi connectivity index (χ0v) is 16.3. The van der Waals surface area contributed by atoms with Gasteiger partial charge in [0.15, 0.2) is 0 Å². The summed E-state index contributed by atoms with van der Waals surface area (Å²) in [7, 11) is 3.37. The van der Waals surface area contributed by atoms with Crippen molar-refractivity contribution in [2.75, 3.05) is 19.5 Å². The number of hydrogen-bond acceptors (Lipinski definition) is 4. The van der Waals surface area contributed by atoms with Crippen molar-refractivity contribution in [3.8, 4) is 22.8 Å². The molecule has 1 aromatic carbocycles. The van der Waals surface area contributed by atoms with Crippen LogP contribution in [0.5, 0.6) is 11.5 Å². The number of ether oxygens (including phenoxy) is 2. The molecule has 3 aromatic rings. The minimum Gasteiger partial charge on any atom is -0.497 e. The van der Waals surface area contributed by atoms with Crippen molar-refractivity contribution in [2.24, 2.45) is 0 Å². The molecule has 0 spiro atoms. The van der Waals surface area contributed by atoms with E-state index >= 15 is 0 Å². The molecule has 1 aliphatic carbocycles. The highest BCUT2D eigenvalue weighted by Gasteiger charge is 2.22. The third-order valence-electron chi connectivity index (χ3n) is 5.39. The summed E-state index contributed by atoms with van der Waals surface area (Å²) in [6.07, 6.45) is 8.40. The van der Waals surface area contributed by atoms with E-state index in [2.05, 4.69) is 35.0 Å². The van der Waals surface area contributed by atoms with Gasteiger partial charge >= 0.3 is 0 Å². The Kier molecular flexibility index (Phi) is 4.92. The Morgan fingerprint density at radius 2 is 1.85 bits per heavy atom. The largest absolute Gasteiger partial charge is 0.497 e. The van der Waals surface area contributed by atoms with Gasteiger partial charge in [-0.05, 0) is 55.7 Å². The van der Waals surface area contributed by atoms with E-state index in [1.807, 2.05) is 18.2 Å². The molecule has 1 aliphatic rings. The normalized spacial score (nSPS) is 15.1. The number of methoxy groups -OCH3 is 2. The van der Waals surface area contributed by atoms with E-state index < -0.39 is 0 Å². The number of nitrogens with one attached hydrogen (secondary N) is 1. The summed E-state index contributed by atoms with van der Waals surface area (Å²) in [5.74, 6) is 2.62. The van der Waals surface area contributed by atoms with Crippen molar-refractivity contribution in [3.63, 3.8) is 0 Å². The molecule has 0 unspecified atom stereocenters. The monoisotopic (exact) mass is 365 g/mol. The van der Waals surface area contributed by atoms with Gasteiger partial charge in [-0.1, -0.05) is 19.3 Å². The lowest BCUT2D eigenvalue weighted by atomic mass is 9.95. The zero-order valence-electron chi connectivity index (χ0n) is 16.3. The molecule has 142 valence electrons. The molecule has 0 amide bonds. The first-order chi connectivity index (χ1) is 13.2. The van der Waals surface area contributed by atoms with Crippen molar-refractivity contribution in [2.45, 2.75) is 45.1 Å². The average Bonchev–Trinajstić information content (AvgIpc) is 3.05. The number of benzene rings is 1. The highest BCUT2D eigenvalue weighted by molar-refractivity contribution is 5.81. The quantitative estimate of drug-likeness (QED) is 0.686. The Labute approximate surface area is 160 Å². The van der Waals surface area contributed by atoms with Crippen LogP contribution in [0.4, 0.5) is 5.82 Å². The molecule has 0 radical (unpaired) electrons. The Hall–Kier alpha value is -2.69. The minimum absolute atomic E-state index is 0.482. The summed E-state index contributed by atoms with van der Waals surface area (Å²) in [4.78, 5) is 4.96. The van der Waals surface area contributed by atoms with Crippen molar-refractivity contribution >= 4 is 11.5 Å². The van der Waals surface area contributed by atoms with Gasteiger partial charge in [0, 0.05) is 17.8 Å². The number of pyridine rings is 1. The summed E-state index contributed by atoms with van der Waals surface area (Å²) in [6, 6.07) is 10.6. The Morgan fingerprint density at radius 1 is 1.04 bits per heavy atom. The highest BCUT2D eigenvalue weighted by Crippen LogP contribution is 2.38. The molecule has 5 nitrogen and oxygen atoms in total. The summed E-state index contributed by atoms with van der Waals surface area (Å²) < 4.78 is 13.2. The lowest BCUT2D eigenvalue weighted by Crippen LogP contribution is -2.23. The van der Waals surface area contributed by atoms with Crippen LogP contribution in [0.1, 0.15) is 37.7 Å². The Bertz CT molecular complexity index is 942. The van der Waals surface area contributed by atoms with Gasteiger partial charge in [0.2, 0.25) is 0 Å². The maximum atomic E-state index is 5.63. The second-order valence-corrected chi connectivity index (χ2v) is 7.29. The van der Waals surface area contributed by atoms with Gasteiger partial charge < -0.3 is 14.8 Å². The lowest BCUT2D eigenvalue weighted by Gasteiger charge is -2.24. The van der Waals surface area contributed by atoms with Crippen LogP contribution in [0.25, 0.3) is 16.9 Å². The first-order valence-electron chi connectivity index (χ1n) is 9.67. The van der Waals surface area contributed by atoms with Gasteiger partial charge in [-0.3, -0.25) is 4.40 Å². The molecule has 5 heteroatoms. The number of hydrogen-bond donors (Lipinski definition) is 1. The van der Waals surface area contributed by atoms with E-state index in [1.54, 1.807) is 14.2 Å². The van der Waals surface area contributed by atoms with E-state index in [9.17, 15) is 0 Å². The lowest BCUT2D eigenvalue weighted by molar-refractivity contribution is 0.404. The van der Waals surface area contributed by atoms with Gasteiger partial charge in [-0.15, -0.1) is 0 Å². The van der Waals surface area contributed by atoms with Crippen LogP contribution in [-0.4, -0.2) is 29.6 Å². The second kappa shape index (κ2) is 7.51. The molecule has 4 rings (SSSR count). The summed E-state index contributed by atoms with van der Waals surface area (Å²) in [5.41, 5.74) is 3.98. The van der Waals surface area contributed by atoms with Crippen LogP contribution in [0, 0.1) is 6.92 Å². The van der Waals surface area contributed by atoms with Crippen molar-refractivity contribution in [3.05, 3.63) is 42.1 Å². The molecule has 1 N–H and O–H groups in total. The fraction of sp³-hybridized carbons (Fsp3) is 0.409. The van der Waals surface area contributed by atoms with Gasteiger partial charge in [0.05, 0.1) is 14.2 Å². The molecule has 0 saturated heterocycles. The number of rotatable bonds is 5. The first kappa shape index (κ1) is 17.7. The Balaban J connectivity index is 1.87. The topological polar surface area (TPSA) is 47.8 Å². The standard InChI is InChI=1S/C22H27N3O2/c1-15-11-12-25-20(13-15)24-21(22(25)23-16-7-5-4-6-8-16)18-14-17(26-2)9-10-19(18)27-3/h9-14,16,23H,4-8H2,1-3H3. The van der Waals surface area contributed by atoms with Gasteiger partial charge in [-0.2, -0.15) is 0 Å². The minimum atomic E-state index is 0.482. The fourth-order valence-electron chi connectivity index (χ4n) is 3.91. The molecule has 27 heavy (non-hydrogen) atoms. The van der Waals surface area contributed by atoms with Crippen molar-refractivity contribution in [1.82, 2.24) is 9.38 Å². The maximum Gasteiger partial charge on any atom is 0.139 e. The summed E-state index contributed by atoms with van der Waals surface area (Å²) >= 11 is 0. The number of aryl methyl sites for hydroxylation is 1. The molecule has 2 aromatic heterocycles. The zero-order chi connectivity index (χ0) is 18.8. The maximum absolute atomic E-state index is 5.63. The number of fused-ring (bicyclic) bond motifs is 1. The molecule has 0 aliphatic heterocycles. The van der Waals surface area contributed by atoms with E-state index in [-0.39, 0.29) is 0 Å². The molecule has 1 saturated carbocycles. The second-order valence-electron chi connectivity index (χ2n) is 7.29. The van der Waals surface area contributed by atoms with Crippen molar-refractivity contribution < 1.29 is 9.47 Å². The number of nitrogens with zero attached hydrogens (tertiary/aromatic N) is 2. The molecule has 0 atom stereocenters. The van der Waals surface area contributed by atoms with Crippen LogP contribution in [0.3, 0.4) is 0 Å². The van der Waals surface area contributed by atoms with Crippen LogP contribution >= 0.6 is 0 Å². The highest BCUT2D eigenvalue weighted by atomic mass is 16.5. The molecule has 0 bridgehead atoms. The number of aromatic nitrogens is 2.